The van der Waals surface area contributed by atoms with Crippen LogP contribution in [-0.4, -0.2) is 18.0 Å². The van der Waals surface area contributed by atoms with Crippen molar-refractivity contribution in [3.8, 4) is 0 Å². The van der Waals surface area contributed by atoms with Crippen LogP contribution in [0.5, 0.6) is 0 Å². The molecule has 1 aromatic rings. The quantitative estimate of drug-likeness (QED) is 0.715. The average molecular weight is 275 g/mol. The van der Waals surface area contributed by atoms with E-state index in [1.807, 2.05) is 13.8 Å². The molecule has 1 aliphatic carbocycles. The maximum absolute atomic E-state index is 2.55. The Morgan fingerprint density at radius 1 is 1.00 bits per heavy atom. The molecule has 1 nitrogen and oxygen atoms in total. The molecule has 0 amide bonds. The largest absolute Gasteiger partial charge is 0.299 e. The topological polar surface area (TPSA) is 3.24 Å². The Labute approximate surface area is 126 Å². The van der Waals surface area contributed by atoms with Crippen molar-refractivity contribution in [2.75, 3.05) is 7.05 Å². The average Bonchev–Trinajstić information content (AvgIpc) is 2.50. The van der Waals surface area contributed by atoms with Gasteiger partial charge in [0.1, 0.15) is 0 Å². The first-order valence-electron chi connectivity index (χ1n) is 8.41. The van der Waals surface area contributed by atoms with Crippen LogP contribution in [-0.2, 0) is 6.54 Å². The zero-order chi connectivity index (χ0) is 15.0. The fourth-order valence-electron chi connectivity index (χ4n) is 3.21. The van der Waals surface area contributed by atoms with Crippen molar-refractivity contribution in [2.24, 2.45) is 11.8 Å². The maximum Gasteiger partial charge on any atom is 0.0233 e. The Kier molecular flexibility index (Phi) is 7.91. The van der Waals surface area contributed by atoms with Gasteiger partial charge in [-0.25, -0.2) is 0 Å². The van der Waals surface area contributed by atoms with E-state index in [-0.39, 0.29) is 0 Å². The van der Waals surface area contributed by atoms with Crippen molar-refractivity contribution >= 4 is 0 Å². The van der Waals surface area contributed by atoms with Crippen LogP contribution in [0.25, 0.3) is 0 Å². The molecular formula is C19H33N. The highest BCUT2D eigenvalue weighted by Crippen LogP contribution is 2.32. The van der Waals surface area contributed by atoms with Crippen LogP contribution in [0, 0.1) is 11.8 Å². The smallest absolute Gasteiger partial charge is 0.0233 e. The van der Waals surface area contributed by atoms with E-state index in [2.05, 4.69) is 56.1 Å². The molecule has 0 radical (unpaired) electrons. The summed E-state index contributed by atoms with van der Waals surface area (Å²) in [4.78, 5) is 2.55. The number of rotatable bonds is 4. The molecule has 1 aliphatic rings. The lowest BCUT2D eigenvalue weighted by molar-refractivity contribution is 0.142. The van der Waals surface area contributed by atoms with Crippen molar-refractivity contribution in [1.29, 1.82) is 0 Å². The van der Waals surface area contributed by atoms with Crippen molar-refractivity contribution < 1.29 is 0 Å². The molecular weight excluding hydrogens is 242 g/mol. The molecule has 0 heterocycles. The van der Waals surface area contributed by atoms with Crippen molar-refractivity contribution in [3.63, 3.8) is 0 Å². The molecule has 0 aliphatic heterocycles. The van der Waals surface area contributed by atoms with Gasteiger partial charge < -0.3 is 0 Å². The highest BCUT2D eigenvalue weighted by Gasteiger charge is 2.25. The van der Waals surface area contributed by atoms with Gasteiger partial charge in [0.2, 0.25) is 0 Å². The van der Waals surface area contributed by atoms with Crippen LogP contribution in [0.2, 0.25) is 0 Å². The first-order valence-corrected chi connectivity index (χ1v) is 8.41. The summed E-state index contributed by atoms with van der Waals surface area (Å²) in [5, 5.41) is 0. The summed E-state index contributed by atoms with van der Waals surface area (Å²) in [6.07, 6.45) is 5.60. The number of hydrogen-bond acceptors (Lipinski definition) is 1. The molecule has 1 heteroatoms. The lowest BCUT2D eigenvalue weighted by Crippen LogP contribution is -2.35. The second-order valence-electron chi connectivity index (χ2n) is 6.21. The van der Waals surface area contributed by atoms with Gasteiger partial charge in [0, 0.05) is 12.6 Å². The van der Waals surface area contributed by atoms with Crippen LogP contribution >= 0.6 is 0 Å². The molecule has 114 valence electrons. The molecule has 0 N–H and O–H groups in total. The molecule has 1 saturated carbocycles. The van der Waals surface area contributed by atoms with Gasteiger partial charge in [0.15, 0.2) is 0 Å². The third kappa shape index (κ3) is 5.28. The van der Waals surface area contributed by atoms with E-state index in [0.29, 0.717) is 0 Å². The van der Waals surface area contributed by atoms with Crippen LogP contribution < -0.4 is 0 Å². The Bertz CT molecular complexity index is 336. The summed E-state index contributed by atoms with van der Waals surface area (Å²) in [5.41, 5.74) is 1.44. The summed E-state index contributed by atoms with van der Waals surface area (Å²) in [5.74, 6) is 1.83. The maximum atomic E-state index is 2.55. The second-order valence-corrected chi connectivity index (χ2v) is 6.21. The number of nitrogens with zero attached hydrogens (tertiary/aromatic N) is 1. The monoisotopic (exact) mass is 275 g/mol. The van der Waals surface area contributed by atoms with E-state index < -0.39 is 0 Å². The standard InChI is InChI=1S/C17H27N.C2H6/c1-14(2)16-9-11-17(12-10-16)18(3)13-15-7-5-4-6-8-15;1-2/h4-8,14,16-17H,9-13H2,1-3H3;1-2H3. The van der Waals surface area contributed by atoms with E-state index in [4.69, 9.17) is 0 Å². The third-order valence-corrected chi connectivity index (χ3v) is 4.58. The normalized spacial score (nSPS) is 22.6. The first kappa shape index (κ1) is 17.2. The zero-order valence-electron chi connectivity index (χ0n) is 14.1. The molecule has 0 saturated heterocycles. The highest BCUT2D eigenvalue weighted by atomic mass is 15.1. The molecule has 0 atom stereocenters. The van der Waals surface area contributed by atoms with E-state index in [9.17, 15) is 0 Å². The molecule has 1 aromatic carbocycles. The van der Waals surface area contributed by atoms with E-state index in [1.54, 1.807) is 0 Å². The van der Waals surface area contributed by atoms with Crippen molar-refractivity contribution in [2.45, 2.75) is 66.0 Å². The van der Waals surface area contributed by atoms with Gasteiger partial charge in [-0.05, 0) is 50.1 Å². The fourth-order valence-corrected chi connectivity index (χ4v) is 3.21. The lowest BCUT2D eigenvalue weighted by Gasteiger charge is -2.36. The van der Waals surface area contributed by atoms with Crippen LogP contribution in [0.3, 0.4) is 0 Å². The molecule has 0 spiro atoms. The van der Waals surface area contributed by atoms with E-state index >= 15 is 0 Å². The van der Waals surface area contributed by atoms with Gasteiger partial charge in [-0.2, -0.15) is 0 Å². The first-order chi connectivity index (χ1) is 9.66. The van der Waals surface area contributed by atoms with Crippen LogP contribution in [0.1, 0.15) is 58.9 Å². The van der Waals surface area contributed by atoms with Crippen LogP contribution in [0.15, 0.2) is 30.3 Å². The predicted octanol–water partition coefficient (Wildman–Crippen LogP) is 5.36. The van der Waals surface area contributed by atoms with E-state index in [0.717, 1.165) is 24.4 Å². The molecule has 1 fully saturated rings. The molecule has 2 rings (SSSR count). The summed E-state index contributed by atoms with van der Waals surface area (Å²) < 4.78 is 0. The minimum absolute atomic E-state index is 0.792. The van der Waals surface area contributed by atoms with E-state index in [1.165, 1.54) is 31.2 Å². The minimum Gasteiger partial charge on any atom is -0.299 e. The SMILES string of the molecule is CC.CC(C)C1CCC(N(C)Cc2ccccc2)CC1. The predicted molar refractivity (Wildman–Crippen MR) is 89.8 cm³/mol. The van der Waals surface area contributed by atoms with Gasteiger partial charge >= 0.3 is 0 Å². The summed E-state index contributed by atoms with van der Waals surface area (Å²) in [6.45, 7) is 9.84. The van der Waals surface area contributed by atoms with Gasteiger partial charge in [-0.1, -0.05) is 58.0 Å². The van der Waals surface area contributed by atoms with Crippen molar-refractivity contribution in [3.05, 3.63) is 35.9 Å². The Hall–Kier alpha value is -0.820. The van der Waals surface area contributed by atoms with Gasteiger partial charge in [-0.15, -0.1) is 0 Å². The number of benzene rings is 1. The summed E-state index contributed by atoms with van der Waals surface area (Å²) in [7, 11) is 2.29. The molecule has 0 unspecified atom stereocenters. The minimum atomic E-state index is 0.792. The second kappa shape index (κ2) is 9.18. The van der Waals surface area contributed by atoms with Crippen LogP contribution in [0.4, 0.5) is 0 Å². The Morgan fingerprint density at radius 3 is 2.05 bits per heavy atom. The number of hydrogen-bond donors (Lipinski definition) is 0. The lowest BCUT2D eigenvalue weighted by atomic mass is 9.79. The Morgan fingerprint density at radius 2 is 1.55 bits per heavy atom. The van der Waals surface area contributed by atoms with Crippen molar-refractivity contribution in [1.82, 2.24) is 4.90 Å². The summed E-state index contributed by atoms with van der Waals surface area (Å²) >= 11 is 0. The molecule has 0 bridgehead atoms. The fraction of sp³-hybridized carbons (Fsp3) is 0.684. The van der Waals surface area contributed by atoms with Gasteiger partial charge in [0.25, 0.3) is 0 Å². The summed E-state index contributed by atoms with van der Waals surface area (Å²) in [6, 6.07) is 11.6. The van der Waals surface area contributed by atoms with Gasteiger partial charge in [-0.3, -0.25) is 4.90 Å². The highest BCUT2D eigenvalue weighted by molar-refractivity contribution is 5.14. The third-order valence-electron chi connectivity index (χ3n) is 4.58. The van der Waals surface area contributed by atoms with Gasteiger partial charge in [0.05, 0.1) is 0 Å². The zero-order valence-corrected chi connectivity index (χ0v) is 14.1. The molecule has 20 heavy (non-hydrogen) atoms. The Balaban J connectivity index is 0.000000956. The molecule has 0 aromatic heterocycles.